The Labute approximate surface area is 192 Å². The smallest absolute Gasteiger partial charge is 0.169 e. The molecule has 0 aromatic heterocycles. The van der Waals surface area contributed by atoms with Crippen molar-refractivity contribution in [2.75, 3.05) is 28.4 Å². The molecule has 178 valence electrons. The van der Waals surface area contributed by atoms with Crippen LogP contribution in [0.15, 0.2) is 12.1 Å². The molecule has 2 rings (SSSR count). The van der Waals surface area contributed by atoms with E-state index in [1.54, 1.807) is 28.4 Å². The number of benzene rings is 2. The first-order valence-corrected chi connectivity index (χ1v) is 10.7. The molecule has 0 spiro atoms. The minimum Gasteiger partial charge on any atom is -0.493 e. The highest BCUT2D eigenvalue weighted by atomic mass is 16.5. The van der Waals surface area contributed by atoms with E-state index in [4.69, 9.17) is 18.9 Å². The summed E-state index contributed by atoms with van der Waals surface area (Å²) in [7, 11) is 6.34. The molecule has 0 aliphatic carbocycles. The minimum absolute atomic E-state index is 0.226. The van der Waals surface area contributed by atoms with E-state index < -0.39 is 0 Å². The van der Waals surface area contributed by atoms with Crippen LogP contribution in [0.25, 0.3) is 11.1 Å². The third-order valence-electron chi connectivity index (χ3n) is 5.66. The molecule has 0 amide bonds. The lowest BCUT2D eigenvalue weighted by molar-refractivity contribution is 0.277. The Morgan fingerprint density at radius 1 is 0.562 bits per heavy atom. The molecule has 6 nitrogen and oxygen atoms in total. The van der Waals surface area contributed by atoms with Gasteiger partial charge in [-0.3, -0.25) is 0 Å². The number of methoxy groups -OCH3 is 4. The first kappa shape index (κ1) is 25.8. The number of aliphatic hydroxyl groups excluding tert-OH is 2. The average molecular weight is 447 g/mol. The third kappa shape index (κ3) is 4.52. The molecule has 2 aromatic rings. The molecular weight excluding hydrogens is 408 g/mol. The van der Waals surface area contributed by atoms with E-state index in [2.05, 4.69) is 41.5 Å². The van der Waals surface area contributed by atoms with E-state index in [9.17, 15) is 10.2 Å². The standard InChI is InChI=1S/C26H38O6/c1-25(2,3)17-11-15(13-27)19(23(31-9)21(17)29-7)20-16(14-28)12-18(26(4,5)6)22(30-8)24(20)32-10/h11-12,27-28H,13-14H2,1-10H3. The fourth-order valence-corrected chi connectivity index (χ4v) is 4.09. The first-order chi connectivity index (χ1) is 14.9. The Kier molecular flexibility index (Phi) is 7.74. The number of rotatable bonds is 7. The van der Waals surface area contributed by atoms with Crippen LogP contribution in [-0.4, -0.2) is 38.7 Å². The van der Waals surface area contributed by atoms with Crippen LogP contribution in [0.5, 0.6) is 23.0 Å². The molecular formula is C26H38O6. The van der Waals surface area contributed by atoms with Gasteiger partial charge in [0.25, 0.3) is 0 Å². The zero-order valence-electron chi connectivity index (χ0n) is 21.1. The summed E-state index contributed by atoms with van der Waals surface area (Å²) in [4.78, 5) is 0. The van der Waals surface area contributed by atoms with Crippen molar-refractivity contribution in [1.29, 1.82) is 0 Å². The number of aliphatic hydroxyl groups is 2. The van der Waals surface area contributed by atoms with Crippen molar-refractivity contribution in [2.45, 2.75) is 65.6 Å². The second-order valence-electron chi connectivity index (χ2n) is 9.87. The van der Waals surface area contributed by atoms with Gasteiger partial charge in [-0.05, 0) is 34.1 Å². The second kappa shape index (κ2) is 9.59. The van der Waals surface area contributed by atoms with Crippen molar-refractivity contribution in [3.8, 4) is 34.1 Å². The number of hydrogen-bond donors (Lipinski definition) is 2. The normalized spacial score (nSPS) is 12.0. The Hall–Kier alpha value is -2.44. The lowest BCUT2D eigenvalue weighted by atomic mass is 9.80. The first-order valence-electron chi connectivity index (χ1n) is 10.7. The topological polar surface area (TPSA) is 77.4 Å². The van der Waals surface area contributed by atoms with Gasteiger partial charge < -0.3 is 29.2 Å². The average Bonchev–Trinajstić information content (AvgIpc) is 2.74. The summed E-state index contributed by atoms with van der Waals surface area (Å²) in [5.41, 5.74) is 3.83. The fraction of sp³-hybridized carbons (Fsp3) is 0.538. The molecule has 0 bridgehead atoms. The van der Waals surface area contributed by atoms with Crippen LogP contribution in [0.1, 0.15) is 63.8 Å². The summed E-state index contributed by atoms with van der Waals surface area (Å²) in [6.45, 7) is 12.0. The highest BCUT2D eigenvalue weighted by Gasteiger charge is 2.32. The zero-order valence-corrected chi connectivity index (χ0v) is 21.1. The van der Waals surface area contributed by atoms with Crippen LogP contribution in [0.2, 0.25) is 0 Å². The van der Waals surface area contributed by atoms with Gasteiger partial charge in [-0.1, -0.05) is 41.5 Å². The largest absolute Gasteiger partial charge is 0.493 e. The summed E-state index contributed by atoms with van der Waals surface area (Å²) in [6, 6.07) is 3.86. The van der Waals surface area contributed by atoms with Gasteiger partial charge in [0.15, 0.2) is 23.0 Å². The summed E-state index contributed by atoms with van der Waals surface area (Å²) in [6.07, 6.45) is 0. The highest BCUT2D eigenvalue weighted by Crippen LogP contribution is 2.53. The van der Waals surface area contributed by atoms with E-state index in [1.165, 1.54) is 0 Å². The van der Waals surface area contributed by atoms with Gasteiger partial charge in [-0.25, -0.2) is 0 Å². The van der Waals surface area contributed by atoms with Gasteiger partial charge in [0.2, 0.25) is 0 Å². The minimum atomic E-state index is -0.251. The van der Waals surface area contributed by atoms with Crippen LogP contribution in [0.4, 0.5) is 0 Å². The SMILES string of the molecule is COc1c(C(C)(C)C)cc(CO)c(-c2c(CO)cc(C(C)(C)C)c(OC)c2OC)c1OC. The predicted molar refractivity (Wildman–Crippen MR) is 127 cm³/mol. The van der Waals surface area contributed by atoms with E-state index in [0.717, 1.165) is 11.1 Å². The van der Waals surface area contributed by atoms with Crippen LogP contribution in [0.3, 0.4) is 0 Å². The number of ether oxygens (including phenoxy) is 4. The monoisotopic (exact) mass is 446 g/mol. The molecule has 0 fully saturated rings. The molecule has 32 heavy (non-hydrogen) atoms. The van der Waals surface area contributed by atoms with Gasteiger partial charge >= 0.3 is 0 Å². The molecule has 0 saturated carbocycles. The van der Waals surface area contributed by atoms with E-state index >= 15 is 0 Å². The van der Waals surface area contributed by atoms with Crippen molar-refractivity contribution < 1.29 is 29.2 Å². The van der Waals surface area contributed by atoms with Gasteiger partial charge in [-0.2, -0.15) is 0 Å². The molecule has 0 atom stereocenters. The van der Waals surface area contributed by atoms with Gasteiger partial charge in [0.05, 0.1) is 41.7 Å². The maximum atomic E-state index is 10.4. The molecule has 0 aliphatic heterocycles. The van der Waals surface area contributed by atoms with E-state index in [0.29, 0.717) is 45.3 Å². The summed E-state index contributed by atoms with van der Waals surface area (Å²) >= 11 is 0. The lowest BCUT2D eigenvalue weighted by Crippen LogP contribution is -2.17. The van der Waals surface area contributed by atoms with Crippen molar-refractivity contribution in [2.24, 2.45) is 0 Å². The maximum Gasteiger partial charge on any atom is 0.169 e. The molecule has 2 aromatic carbocycles. The summed E-state index contributed by atoms with van der Waals surface area (Å²) in [5.74, 6) is 2.11. The molecule has 0 radical (unpaired) electrons. The Balaban J connectivity index is 3.15. The quantitative estimate of drug-likeness (QED) is 0.625. The van der Waals surface area contributed by atoms with Crippen molar-refractivity contribution in [3.63, 3.8) is 0 Å². The van der Waals surface area contributed by atoms with Crippen molar-refractivity contribution >= 4 is 0 Å². The van der Waals surface area contributed by atoms with Gasteiger partial charge in [-0.15, -0.1) is 0 Å². The highest BCUT2D eigenvalue weighted by molar-refractivity contribution is 5.87. The summed E-state index contributed by atoms with van der Waals surface area (Å²) in [5, 5.41) is 20.7. The molecule has 0 unspecified atom stereocenters. The van der Waals surface area contributed by atoms with Gasteiger partial charge in [0, 0.05) is 22.3 Å². The van der Waals surface area contributed by atoms with Gasteiger partial charge in [0.1, 0.15) is 0 Å². The Morgan fingerprint density at radius 2 is 0.844 bits per heavy atom. The summed E-state index contributed by atoms with van der Waals surface area (Å²) < 4.78 is 23.3. The van der Waals surface area contributed by atoms with Crippen molar-refractivity contribution in [1.82, 2.24) is 0 Å². The second-order valence-corrected chi connectivity index (χ2v) is 9.87. The van der Waals surface area contributed by atoms with Crippen molar-refractivity contribution in [3.05, 3.63) is 34.4 Å². The lowest BCUT2D eigenvalue weighted by Gasteiger charge is -2.30. The van der Waals surface area contributed by atoms with Crippen LogP contribution >= 0.6 is 0 Å². The van der Waals surface area contributed by atoms with Crippen LogP contribution < -0.4 is 18.9 Å². The molecule has 6 heteroatoms. The van der Waals surface area contributed by atoms with Crippen LogP contribution in [0, 0.1) is 0 Å². The molecule has 2 N–H and O–H groups in total. The molecule has 0 saturated heterocycles. The zero-order chi connectivity index (χ0) is 24.4. The van der Waals surface area contributed by atoms with E-state index in [-0.39, 0.29) is 24.0 Å². The van der Waals surface area contributed by atoms with E-state index in [1.807, 2.05) is 12.1 Å². The fourth-order valence-electron chi connectivity index (χ4n) is 4.09. The van der Waals surface area contributed by atoms with Crippen LogP contribution in [-0.2, 0) is 24.0 Å². The Bertz CT molecular complexity index is 885. The predicted octanol–water partition coefficient (Wildman–Crippen LogP) is 4.97. The molecule has 0 aliphatic rings. The number of hydrogen-bond acceptors (Lipinski definition) is 6. The third-order valence-corrected chi connectivity index (χ3v) is 5.66. The maximum absolute atomic E-state index is 10.4. The Morgan fingerprint density at radius 3 is 1.03 bits per heavy atom. The molecule has 0 heterocycles.